The van der Waals surface area contributed by atoms with Gasteiger partial charge in [-0.25, -0.2) is 0 Å². The van der Waals surface area contributed by atoms with Crippen LogP contribution in [0.25, 0.3) is 10.9 Å². The van der Waals surface area contributed by atoms with Gasteiger partial charge < -0.3 is 10.7 Å². The lowest BCUT2D eigenvalue weighted by molar-refractivity contribution is 0.562. The van der Waals surface area contributed by atoms with E-state index in [1.165, 1.54) is 28.6 Å². The Labute approximate surface area is 97.0 Å². The maximum atomic E-state index is 6.11. The molecule has 1 aliphatic rings. The molecule has 1 aliphatic carbocycles. The highest BCUT2D eigenvalue weighted by Gasteiger charge is 2.21. The summed E-state index contributed by atoms with van der Waals surface area (Å²) in [5.41, 5.74) is 9.98. The molecule has 0 saturated heterocycles. The van der Waals surface area contributed by atoms with Crippen molar-refractivity contribution in [2.24, 2.45) is 5.73 Å². The molecule has 78 valence electrons. The number of halogens is 1. The number of aromatic amines is 1. The highest BCUT2D eigenvalue weighted by Crippen LogP contribution is 2.34. The van der Waals surface area contributed by atoms with Gasteiger partial charge in [-0.2, -0.15) is 0 Å². The van der Waals surface area contributed by atoms with Crippen molar-refractivity contribution in [3.8, 4) is 0 Å². The van der Waals surface area contributed by atoms with E-state index in [1.807, 2.05) is 0 Å². The lowest BCUT2D eigenvalue weighted by Crippen LogP contribution is -2.16. The molecule has 1 atom stereocenters. The van der Waals surface area contributed by atoms with Crippen LogP contribution in [0.2, 0.25) is 0 Å². The van der Waals surface area contributed by atoms with E-state index in [-0.39, 0.29) is 6.04 Å². The topological polar surface area (TPSA) is 41.8 Å². The first-order chi connectivity index (χ1) is 7.25. The van der Waals surface area contributed by atoms with Gasteiger partial charge in [0, 0.05) is 27.1 Å². The minimum Gasteiger partial charge on any atom is -0.357 e. The molecule has 3 N–H and O–H groups in total. The lowest BCUT2D eigenvalue weighted by Gasteiger charge is -2.18. The number of fused-ring (bicyclic) bond motifs is 3. The highest BCUT2D eigenvalue weighted by molar-refractivity contribution is 9.10. The number of nitrogens with two attached hydrogens (primary N) is 1. The monoisotopic (exact) mass is 264 g/mol. The second kappa shape index (κ2) is 3.35. The van der Waals surface area contributed by atoms with Gasteiger partial charge in [0.05, 0.1) is 0 Å². The molecule has 3 heteroatoms. The number of benzene rings is 1. The fourth-order valence-electron chi connectivity index (χ4n) is 2.47. The Hall–Kier alpha value is -0.800. The summed E-state index contributed by atoms with van der Waals surface area (Å²) in [6.45, 7) is 0. The molecule has 1 heterocycles. The van der Waals surface area contributed by atoms with Gasteiger partial charge in [0.2, 0.25) is 0 Å². The molecule has 1 aromatic heterocycles. The summed E-state index contributed by atoms with van der Waals surface area (Å²) in [6.07, 6.45) is 3.45. The maximum absolute atomic E-state index is 6.11. The smallest absolute Gasteiger partial charge is 0.0460 e. The highest BCUT2D eigenvalue weighted by atomic mass is 79.9. The SMILES string of the molecule is N[C@H]1CCCc2c1[nH]c1ccc(Br)cc21. The third-order valence-corrected chi connectivity index (χ3v) is 3.71. The van der Waals surface area contributed by atoms with Crippen LogP contribution in [-0.4, -0.2) is 4.98 Å². The minimum absolute atomic E-state index is 0.194. The fourth-order valence-corrected chi connectivity index (χ4v) is 2.83. The summed E-state index contributed by atoms with van der Waals surface area (Å²) >= 11 is 3.51. The quantitative estimate of drug-likeness (QED) is 0.754. The number of H-pyrrole nitrogens is 1. The Morgan fingerprint density at radius 3 is 3.13 bits per heavy atom. The normalized spacial score (nSPS) is 20.5. The Morgan fingerprint density at radius 2 is 2.27 bits per heavy atom. The van der Waals surface area contributed by atoms with E-state index in [1.54, 1.807) is 0 Å². The first-order valence-electron chi connectivity index (χ1n) is 5.31. The average molecular weight is 265 g/mol. The molecule has 3 rings (SSSR count). The molecular weight excluding hydrogens is 252 g/mol. The van der Waals surface area contributed by atoms with Crippen LogP contribution in [-0.2, 0) is 6.42 Å². The van der Waals surface area contributed by atoms with E-state index >= 15 is 0 Å². The maximum Gasteiger partial charge on any atom is 0.0460 e. The van der Waals surface area contributed by atoms with Crippen LogP contribution < -0.4 is 5.73 Å². The van der Waals surface area contributed by atoms with Crippen LogP contribution in [0, 0.1) is 0 Å². The van der Waals surface area contributed by atoms with E-state index in [0.29, 0.717) is 0 Å². The zero-order chi connectivity index (χ0) is 10.4. The molecule has 0 amide bonds. The van der Waals surface area contributed by atoms with E-state index in [0.717, 1.165) is 17.3 Å². The molecule has 1 aromatic carbocycles. The van der Waals surface area contributed by atoms with E-state index in [2.05, 4.69) is 39.1 Å². The molecule has 0 unspecified atom stereocenters. The third-order valence-electron chi connectivity index (χ3n) is 3.21. The van der Waals surface area contributed by atoms with Crippen molar-refractivity contribution in [2.45, 2.75) is 25.3 Å². The summed E-state index contributed by atoms with van der Waals surface area (Å²) in [5.74, 6) is 0. The fraction of sp³-hybridized carbons (Fsp3) is 0.333. The van der Waals surface area contributed by atoms with Crippen molar-refractivity contribution in [3.05, 3.63) is 33.9 Å². The van der Waals surface area contributed by atoms with E-state index < -0.39 is 0 Å². The molecule has 15 heavy (non-hydrogen) atoms. The van der Waals surface area contributed by atoms with Gasteiger partial charge in [-0.3, -0.25) is 0 Å². The first kappa shape index (κ1) is 9.43. The number of hydrogen-bond donors (Lipinski definition) is 2. The molecular formula is C12H13BrN2. The Kier molecular flexibility index (Phi) is 2.11. The predicted octanol–water partition coefficient (Wildman–Crippen LogP) is 3.27. The first-order valence-corrected chi connectivity index (χ1v) is 6.10. The van der Waals surface area contributed by atoms with Gasteiger partial charge in [-0.1, -0.05) is 15.9 Å². The number of hydrogen-bond acceptors (Lipinski definition) is 1. The van der Waals surface area contributed by atoms with Crippen LogP contribution >= 0.6 is 15.9 Å². The molecule has 2 aromatic rings. The summed E-state index contributed by atoms with van der Waals surface area (Å²) in [5, 5.41) is 1.33. The van der Waals surface area contributed by atoms with Gasteiger partial charge in [-0.05, 0) is 43.0 Å². The Bertz CT molecular complexity index is 516. The second-order valence-corrected chi connectivity index (χ2v) is 5.12. The van der Waals surface area contributed by atoms with E-state index in [9.17, 15) is 0 Å². The lowest BCUT2D eigenvalue weighted by atomic mass is 9.92. The molecule has 0 bridgehead atoms. The van der Waals surface area contributed by atoms with Crippen LogP contribution in [0.4, 0.5) is 0 Å². The van der Waals surface area contributed by atoms with Crippen molar-refractivity contribution in [2.75, 3.05) is 0 Å². The number of aromatic nitrogens is 1. The summed E-state index contributed by atoms with van der Waals surface area (Å²) in [7, 11) is 0. The van der Waals surface area contributed by atoms with Crippen LogP contribution in [0.3, 0.4) is 0 Å². The molecule has 2 nitrogen and oxygen atoms in total. The predicted molar refractivity (Wildman–Crippen MR) is 65.9 cm³/mol. The van der Waals surface area contributed by atoms with Crippen molar-refractivity contribution < 1.29 is 0 Å². The van der Waals surface area contributed by atoms with Crippen molar-refractivity contribution in [1.82, 2.24) is 4.98 Å². The average Bonchev–Trinajstić information content (AvgIpc) is 2.58. The third kappa shape index (κ3) is 1.42. The second-order valence-electron chi connectivity index (χ2n) is 4.21. The molecule has 0 radical (unpaired) electrons. The standard InChI is InChI=1S/C12H13BrN2/c13-7-4-5-11-9(6-7)8-2-1-3-10(14)12(8)15-11/h4-6,10,15H,1-3,14H2/t10-/m0/s1. The molecule has 0 spiro atoms. The number of nitrogens with one attached hydrogen (secondary N) is 1. The molecule has 0 fully saturated rings. The van der Waals surface area contributed by atoms with Gasteiger partial charge >= 0.3 is 0 Å². The van der Waals surface area contributed by atoms with Gasteiger partial charge in [0.15, 0.2) is 0 Å². The van der Waals surface area contributed by atoms with Gasteiger partial charge in [-0.15, -0.1) is 0 Å². The summed E-state index contributed by atoms with van der Waals surface area (Å²) in [4.78, 5) is 3.45. The van der Waals surface area contributed by atoms with Gasteiger partial charge in [0.25, 0.3) is 0 Å². The van der Waals surface area contributed by atoms with Crippen molar-refractivity contribution in [3.63, 3.8) is 0 Å². The van der Waals surface area contributed by atoms with Crippen LogP contribution in [0.15, 0.2) is 22.7 Å². The molecule has 0 saturated carbocycles. The van der Waals surface area contributed by atoms with Crippen molar-refractivity contribution in [1.29, 1.82) is 0 Å². The zero-order valence-corrected chi connectivity index (χ0v) is 9.97. The largest absolute Gasteiger partial charge is 0.357 e. The number of rotatable bonds is 0. The van der Waals surface area contributed by atoms with Crippen molar-refractivity contribution >= 4 is 26.8 Å². The van der Waals surface area contributed by atoms with E-state index in [4.69, 9.17) is 5.73 Å². The van der Waals surface area contributed by atoms with Gasteiger partial charge in [0.1, 0.15) is 0 Å². The Balaban J connectivity index is 2.31. The molecule has 0 aliphatic heterocycles. The number of aryl methyl sites for hydroxylation is 1. The minimum atomic E-state index is 0.194. The van der Waals surface area contributed by atoms with Crippen LogP contribution in [0.1, 0.15) is 30.1 Å². The zero-order valence-electron chi connectivity index (χ0n) is 8.39. The van der Waals surface area contributed by atoms with Crippen LogP contribution in [0.5, 0.6) is 0 Å². The Morgan fingerprint density at radius 1 is 1.40 bits per heavy atom. The summed E-state index contributed by atoms with van der Waals surface area (Å²) < 4.78 is 1.14. The summed E-state index contributed by atoms with van der Waals surface area (Å²) in [6, 6.07) is 6.56.